The van der Waals surface area contributed by atoms with Crippen LogP contribution in [0.15, 0.2) is 18.2 Å². The van der Waals surface area contributed by atoms with Crippen LogP contribution in [-0.2, 0) is 6.18 Å². The summed E-state index contributed by atoms with van der Waals surface area (Å²) >= 11 is 5.99. The maximum absolute atomic E-state index is 12.9. The molecule has 5 nitrogen and oxygen atoms in total. The van der Waals surface area contributed by atoms with Gasteiger partial charge in [0.1, 0.15) is 11.9 Å². The smallest absolute Gasteiger partial charge is 0.416 e. The van der Waals surface area contributed by atoms with Crippen LogP contribution >= 0.6 is 11.6 Å². The molecule has 1 aliphatic rings. The molecule has 1 aromatic heterocycles. The summed E-state index contributed by atoms with van der Waals surface area (Å²) in [7, 11) is 0. The van der Waals surface area contributed by atoms with E-state index < -0.39 is 11.7 Å². The van der Waals surface area contributed by atoms with Crippen molar-refractivity contribution in [3.63, 3.8) is 0 Å². The molecule has 9 heteroatoms. The molecular formula is C17H18ClF3N4O. The van der Waals surface area contributed by atoms with Crippen molar-refractivity contribution in [2.24, 2.45) is 0 Å². The third-order valence-corrected chi connectivity index (χ3v) is 4.67. The van der Waals surface area contributed by atoms with E-state index in [0.29, 0.717) is 31.9 Å². The normalized spacial score (nSPS) is 16.0. The monoisotopic (exact) mass is 386 g/mol. The quantitative estimate of drug-likeness (QED) is 0.791. The lowest BCUT2D eigenvalue weighted by Crippen LogP contribution is -2.39. The number of aryl methyl sites for hydroxylation is 2. The number of hydrogen-bond donors (Lipinski definition) is 0. The number of piperidine rings is 1. The van der Waals surface area contributed by atoms with Gasteiger partial charge >= 0.3 is 6.18 Å². The van der Waals surface area contributed by atoms with Gasteiger partial charge in [-0.05, 0) is 32.0 Å². The molecule has 0 N–H and O–H groups in total. The van der Waals surface area contributed by atoms with Crippen molar-refractivity contribution in [3.05, 3.63) is 40.2 Å². The van der Waals surface area contributed by atoms with Crippen molar-refractivity contribution in [1.29, 1.82) is 0 Å². The fourth-order valence-corrected chi connectivity index (χ4v) is 2.86. The molecular weight excluding hydrogens is 369 g/mol. The summed E-state index contributed by atoms with van der Waals surface area (Å²) in [4.78, 5) is 6.42. The highest BCUT2D eigenvalue weighted by molar-refractivity contribution is 6.32. The van der Waals surface area contributed by atoms with Gasteiger partial charge in [0.15, 0.2) is 0 Å². The van der Waals surface area contributed by atoms with Crippen LogP contribution in [0.1, 0.15) is 29.8 Å². The summed E-state index contributed by atoms with van der Waals surface area (Å²) in [6, 6.07) is 3.11. The summed E-state index contributed by atoms with van der Waals surface area (Å²) in [5, 5.41) is 8.35. The Labute approximate surface area is 154 Å². The number of anilines is 1. The first-order valence-corrected chi connectivity index (χ1v) is 8.58. The summed E-state index contributed by atoms with van der Waals surface area (Å²) in [5.74, 6) is 0.618. The fourth-order valence-electron chi connectivity index (χ4n) is 2.70. The predicted molar refractivity (Wildman–Crippen MR) is 91.6 cm³/mol. The van der Waals surface area contributed by atoms with E-state index in [0.717, 1.165) is 23.5 Å². The van der Waals surface area contributed by atoms with Gasteiger partial charge in [-0.3, -0.25) is 0 Å². The second-order valence-electron chi connectivity index (χ2n) is 6.23. The predicted octanol–water partition coefficient (Wildman–Crippen LogP) is 4.21. The number of alkyl halides is 3. The molecule has 0 saturated carbocycles. The zero-order valence-electron chi connectivity index (χ0n) is 14.3. The Morgan fingerprint density at radius 1 is 1.12 bits per heavy atom. The van der Waals surface area contributed by atoms with Crippen LogP contribution in [0.2, 0.25) is 5.02 Å². The molecule has 0 radical (unpaired) electrons. The molecule has 2 aromatic rings. The number of ether oxygens (including phenoxy) is 1. The van der Waals surface area contributed by atoms with Gasteiger partial charge < -0.3 is 9.64 Å². The van der Waals surface area contributed by atoms with Crippen LogP contribution < -0.4 is 9.64 Å². The van der Waals surface area contributed by atoms with Crippen LogP contribution in [0.25, 0.3) is 0 Å². The molecule has 140 valence electrons. The van der Waals surface area contributed by atoms with Gasteiger partial charge in [0.2, 0.25) is 5.95 Å². The first kappa shape index (κ1) is 18.7. The van der Waals surface area contributed by atoms with Gasteiger partial charge in [0.25, 0.3) is 0 Å². The van der Waals surface area contributed by atoms with E-state index in [-0.39, 0.29) is 16.9 Å². The van der Waals surface area contributed by atoms with Gasteiger partial charge in [-0.2, -0.15) is 18.3 Å². The molecule has 1 aliphatic heterocycles. The van der Waals surface area contributed by atoms with E-state index in [1.54, 1.807) is 0 Å². The van der Waals surface area contributed by atoms with E-state index in [9.17, 15) is 13.2 Å². The first-order chi connectivity index (χ1) is 12.2. The zero-order chi connectivity index (χ0) is 18.9. The third-order valence-electron chi connectivity index (χ3n) is 4.36. The van der Waals surface area contributed by atoms with Crippen molar-refractivity contribution in [2.75, 3.05) is 18.0 Å². The summed E-state index contributed by atoms with van der Waals surface area (Å²) < 4.78 is 44.3. The van der Waals surface area contributed by atoms with E-state index in [2.05, 4.69) is 15.2 Å². The minimum atomic E-state index is -4.43. The molecule has 0 spiro atoms. The van der Waals surface area contributed by atoms with E-state index >= 15 is 0 Å². The summed E-state index contributed by atoms with van der Waals surface area (Å²) in [5.41, 5.74) is 0.833. The fraction of sp³-hybridized carbons (Fsp3) is 0.471. The Hall–Kier alpha value is -2.09. The van der Waals surface area contributed by atoms with Crippen LogP contribution in [0, 0.1) is 13.8 Å². The SMILES string of the molecule is Cc1nnc(N2CCC(Oc3cc(C(F)(F)F)ccc3Cl)CC2)nc1C. The second kappa shape index (κ2) is 7.26. The molecule has 0 bridgehead atoms. The zero-order valence-corrected chi connectivity index (χ0v) is 15.1. The Kier molecular flexibility index (Phi) is 5.22. The van der Waals surface area contributed by atoms with Crippen LogP contribution in [-0.4, -0.2) is 34.4 Å². The van der Waals surface area contributed by atoms with E-state index in [1.165, 1.54) is 6.07 Å². The Morgan fingerprint density at radius 3 is 2.42 bits per heavy atom. The highest BCUT2D eigenvalue weighted by Gasteiger charge is 2.32. The number of halogens is 4. The number of hydrogen-bond acceptors (Lipinski definition) is 5. The molecule has 0 unspecified atom stereocenters. The molecule has 0 amide bonds. The van der Waals surface area contributed by atoms with Crippen molar-refractivity contribution < 1.29 is 17.9 Å². The van der Waals surface area contributed by atoms with Crippen LogP contribution in [0.5, 0.6) is 5.75 Å². The van der Waals surface area contributed by atoms with Gasteiger partial charge in [0.05, 0.1) is 22.0 Å². The van der Waals surface area contributed by atoms with E-state index in [4.69, 9.17) is 16.3 Å². The molecule has 0 aliphatic carbocycles. The molecule has 3 rings (SSSR count). The van der Waals surface area contributed by atoms with Gasteiger partial charge in [-0.25, -0.2) is 4.98 Å². The number of benzene rings is 1. The average Bonchev–Trinajstić information content (AvgIpc) is 2.59. The Balaban J connectivity index is 1.65. The third kappa shape index (κ3) is 4.17. The van der Waals surface area contributed by atoms with Gasteiger partial charge in [-0.1, -0.05) is 11.6 Å². The lowest BCUT2D eigenvalue weighted by molar-refractivity contribution is -0.137. The lowest BCUT2D eigenvalue weighted by Gasteiger charge is -2.32. The summed E-state index contributed by atoms with van der Waals surface area (Å²) in [6.45, 7) is 4.98. The minimum Gasteiger partial charge on any atom is -0.489 e. The first-order valence-electron chi connectivity index (χ1n) is 8.20. The largest absolute Gasteiger partial charge is 0.489 e. The highest BCUT2D eigenvalue weighted by Crippen LogP contribution is 2.36. The Bertz CT molecular complexity index is 792. The second-order valence-corrected chi connectivity index (χ2v) is 6.64. The maximum atomic E-state index is 12.9. The molecule has 0 atom stereocenters. The van der Waals surface area contributed by atoms with Crippen LogP contribution in [0.4, 0.5) is 19.1 Å². The Morgan fingerprint density at radius 2 is 1.81 bits per heavy atom. The maximum Gasteiger partial charge on any atom is 0.416 e. The topological polar surface area (TPSA) is 51.1 Å². The van der Waals surface area contributed by atoms with Crippen molar-refractivity contribution >= 4 is 17.5 Å². The van der Waals surface area contributed by atoms with Crippen LogP contribution in [0.3, 0.4) is 0 Å². The highest BCUT2D eigenvalue weighted by atomic mass is 35.5. The van der Waals surface area contributed by atoms with Gasteiger partial charge in [-0.15, -0.1) is 5.10 Å². The molecule has 1 aromatic carbocycles. The standard InChI is InChI=1S/C17H18ClF3N4O/c1-10-11(2)23-24-16(22-10)25-7-5-13(6-8-25)26-15-9-12(17(19,20)21)3-4-14(15)18/h3-4,9,13H,5-8H2,1-2H3. The number of rotatable bonds is 3. The molecule has 1 fully saturated rings. The van der Waals surface area contributed by atoms with Crippen molar-refractivity contribution in [3.8, 4) is 5.75 Å². The molecule has 26 heavy (non-hydrogen) atoms. The molecule has 2 heterocycles. The van der Waals surface area contributed by atoms with Gasteiger partial charge in [0, 0.05) is 25.9 Å². The number of nitrogens with zero attached hydrogens (tertiary/aromatic N) is 4. The van der Waals surface area contributed by atoms with E-state index in [1.807, 2.05) is 18.7 Å². The van der Waals surface area contributed by atoms with Crippen molar-refractivity contribution in [2.45, 2.75) is 39.0 Å². The summed E-state index contributed by atoms with van der Waals surface area (Å²) in [6.07, 6.45) is -3.39. The minimum absolute atomic E-state index is 0.0593. The average molecular weight is 387 g/mol. The molecule has 1 saturated heterocycles. The van der Waals surface area contributed by atoms with Crippen molar-refractivity contribution in [1.82, 2.24) is 15.2 Å². The number of aromatic nitrogens is 3. The lowest BCUT2D eigenvalue weighted by atomic mass is 10.1.